The molecule has 0 bridgehead atoms. The number of ether oxygens (including phenoxy) is 2. The second kappa shape index (κ2) is 8.00. The number of hydrogen-bond donors (Lipinski definition) is 1. The lowest BCUT2D eigenvalue weighted by molar-refractivity contribution is -0.137. The predicted octanol–water partition coefficient (Wildman–Crippen LogP) is 5.50. The molecule has 29 heavy (non-hydrogen) atoms. The van der Waals surface area contributed by atoms with E-state index in [2.05, 4.69) is 56.3 Å². The van der Waals surface area contributed by atoms with Crippen LogP contribution in [0.25, 0.3) is 11.1 Å². The highest BCUT2D eigenvalue weighted by Crippen LogP contribution is 2.38. The molecule has 1 aliphatic heterocycles. The molecule has 0 fully saturated rings. The van der Waals surface area contributed by atoms with Crippen LogP contribution in [0.3, 0.4) is 0 Å². The molecule has 0 amide bonds. The van der Waals surface area contributed by atoms with E-state index in [-0.39, 0.29) is 12.3 Å². The lowest BCUT2D eigenvalue weighted by Crippen LogP contribution is -2.07. The van der Waals surface area contributed by atoms with E-state index in [1.165, 1.54) is 22.3 Å². The minimum Gasteiger partial charge on any atom is -0.492 e. The maximum Gasteiger partial charge on any atom is 0.304 e. The number of hydrogen-bond acceptors (Lipinski definition) is 3. The van der Waals surface area contributed by atoms with Crippen LogP contribution in [-0.2, 0) is 11.4 Å². The summed E-state index contributed by atoms with van der Waals surface area (Å²) in [5.74, 6) is 0.538. The average molecular weight is 388 g/mol. The zero-order valence-electron chi connectivity index (χ0n) is 16.6. The van der Waals surface area contributed by atoms with Gasteiger partial charge in [0.1, 0.15) is 18.1 Å². The molecule has 148 valence electrons. The van der Waals surface area contributed by atoms with Crippen LogP contribution >= 0.6 is 0 Å². The first-order valence-corrected chi connectivity index (χ1v) is 9.78. The molecule has 0 saturated heterocycles. The summed E-state index contributed by atoms with van der Waals surface area (Å²) >= 11 is 0. The summed E-state index contributed by atoms with van der Waals surface area (Å²) in [5, 5.41) is 9.02. The van der Waals surface area contributed by atoms with Crippen molar-refractivity contribution in [3.05, 3.63) is 82.9 Å². The number of carboxylic acids is 1. The molecule has 1 heterocycles. The van der Waals surface area contributed by atoms with Crippen molar-refractivity contribution in [1.82, 2.24) is 0 Å². The van der Waals surface area contributed by atoms with Crippen LogP contribution in [-0.4, -0.2) is 17.7 Å². The molecule has 4 nitrogen and oxygen atoms in total. The summed E-state index contributed by atoms with van der Waals surface area (Å²) in [7, 11) is 0. The molecule has 0 aromatic heterocycles. The van der Waals surface area contributed by atoms with Crippen molar-refractivity contribution < 1.29 is 19.4 Å². The van der Waals surface area contributed by atoms with Crippen molar-refractivity contribution in [2.45, 2.75) is 32.8 Å². The van der Waals surface area contributed by atoms with Gasteiger partial charge in [-0.25, -0.2) is 0 Å². The molecule has 3 aromatic rings. The summed E-state index contributed by atoms with van der Waals surface area (Å²) in [6.07, 6.45) is 0.0817. The maximum atomic E-state index is 11.0. The molecule has 0 aliphatic carbocycles. The van der Waals surface area contributed by atoms with Gasteiger partial charge in [0.15, 0.2) is 0 Å². The third kappa shape index (κ3) is 4.11. The minimum absolute atomic E-state index is 0.0817. The largest absolute Gasteiger partial charge is 0.492 e. The van der Waals surface area contributed by atoms with Crippen LogP contribution < -0.4 is 9.47 Å². The average Bonchev–Trinajstić information content (AvgIpc) is 3.08. The number of rotatable bonds is 6. The summed E-state index contributed by atoms with van der Waals surface area (Å²) < 4.78 is 11.7. The first-order chi connectivity index (χ1) is 14.0. The summed E-state index contributed by atoms with van der Waals surface area (Å²) in [6, 6.07) is 20.4. The van der Waals surface area contributed by atoms with Gasteiger partial charge in [-0.05, 0) is 53.8 Å². The Kier molecular flexibility index (Phi) is 5.26. The van der Waals surface area contributed by atoms with Gasteiger partial charge in [0, 0.05) is 17.5 Å². The van der Waals surface area contributed by atoms with Crippen molar-refractivity contribution in [2.24, 2.45) is 0 Å². The van der Waals surface area contributed by atoms with Gasteiger partial charge in [-0.15, -0.1) is 0 Å². The van der Waals surface area contributed by atoms with E-state index in [9.17, 15) is 4.79 Å². The first-order valence-electron chi connectivity index (χ1n) is 9.78. The number of carboxylic acid groups (broad SMARTS) is 1. The van der Waals surface area contributed by atoms with E-state index in [0.29, 0.717) is 13.2 Å². The van der Waals surface area contributed by atoms with E-state index >= 15 is 0 Å². The molecule has 1 aliphatic rings. The zero-order chi connectivity index (χ0) is 20.4. The van der Waals surface area contributed by atoms with Gasteiger partial charge in [0.25, 0.3) is 0 Å². The SMILES string of the molecule is Cc1cccc(C)c1-c1cccc(COc2ccc3c(c2)OC[C@H]3CC(=O)O)c1. The van der Waals surface area contributed by atoms with Gasteiger partial charge in [-0.1, -0.05) is 42.5 Å². The molecule has 4 rings (SSSR count). The molecule has 0 unspecified atom stereocenters. The fourth-order valence-electron chi connectivity index (χ4n) is 3.98. The van der Waals surface area contributed by atoms with Crippen molar-refractivity contribution in [1.29, 1.82) is 0 Å². The standard InChI is InChI=1S/C25H24O4/c1-16-5-3-6-17(2)25(16)19-8-4-7-18(11-19)14-28-21-9-10-22-20(12-24(26)27)15-29-23(22)13-21/h3-11,13,20H,12,14-15H2,1-2H3,(H,26,27)/t20-/m1/s1. The van der Waals surface area contributed by atoms with E-state index in [1.807, 2.05) is 18.2 Å². The quantitative estimate of drug-likeness (QED) is 0.606. The van der Waals surface area contributed by atoms with Gasteiger partial charge < -0.3 is 14.6 Å². The Morgan fingerprint density at radius 3 is 2.59 bits per heavy atom. The van der Waals surface area contributed by atoms with Crippen molar-refractivity contribution >= 4 is 5.97 Å². The summed E-state index contributed by atoms with van der Waals surface area (Å²) in [6.45, 7) is 5.13. The van der Waals surface area contributed by atoms with Crippen molar-refractivity contribution in [3.63, 3.8) is 0 Å². The maximum absolute atomic E-state index is 11.0. The van der Waals surface area contributed by atoms with Crippen LogP contribution in [0.4, 0.5) is 0 Å². The summed E-state index contributed by atoms with van der Waals surface area (Å²) in [5.41, 5.74) is 7.01. The highest BCUT2D eigenvalue weighted by atomic mass is 16.5. The highest BCUT2D eigenvalue weighted by molar-refractivity contribution is 5.71. The highest BCUT2D eigenvalue weighted by Gasteiger charge is 2.26. The monoisotopic (exact) mass is 388 g/mol. The van der Waals surface area contributed by atoms with Gasteiger partial charge in [0.2, 0.25) is 0 Å². The molecule has 1 N–H and O–H groups in total. The second-order valence-corrected chi connectivity index (χ2v) is 7.56. The molecule has 1 atom stereocenters. The summed E-state index contributed by atoms with van der Waals surface area (Å²) in [4.78, 5) is 11.0. The second-order valence-electron chi connectivity index (χ2n) is 7.56. The lowest BCUT2D eigenvalue weighted by atomic mass is 9.95. The predicted molar refractivity (Wildman–Crippen MR) is 113 cm³/mol. The number of aryl methyl sites for hydroxylation is 2. The van der Waals surface area contributed by atoms with Crippen molar-refractivity contribution in [2.75, 3.05) is 6.61 Å². The first kappa shape index (κ1) is 19.1. The normalized spacial score (nSPS) is 14.9. The molecule has 0 saturated carbocycles. The Bertz CT molecular complexity index is 1030. The molecule has 0 radical (unpaired) electrons. The van der Waals surface area contributed by atoms with Crippen LogP contribution in [0.15, 0.2) is 60.7 Å². The van der Waals surface area contributed by atoms with Crippen LogP contribution in [0.1, 0.15) is 34.6 Å². The third-order valence-corrected chi connectivity index (χ3v) is 5.39. The van der Waals surface area contributed by atoms with E-state index < -0.39 is 5.97 Å². The topological polar surface area (TPSA) is 55.8 Å². The smallest absolute Gasteiger partial charge is 0.304 e. The lowest BCUT2D eigenvalue weighted by Gasteiger charge is -2.12. The Morgan fingerprint density at radius 2 is 1.83 bits per heavy atom. The molecule has 0 spiro atoms. The fourth-order valence-corrected chi connectivity index (χ4v) is 3.98. The van der Waals surface area contributed by atoms with Gasteiger partial charge in [-0.2, -0.15) is 0 Å². The number of benzene rings is 3. The Hall–Kier alpha value is -3.27. The number of aliphatic carboxylic acids is 1. The Morgan fingerprint density at radius 1 is 1.07 bits per heavy atom. The van der Waals surface area contributed by atoms with E-state index in [0.717, 1.165) is 22.6 Å². The van der Waals surface area contributed by atoms with E-state index in [4.69, 9.17) is 14.6 Å². The Labute approximate surface area is 170 Å². The van der Waals surface area contributed by atoms with Gasteiger partial charge in [0.05, 0.1) is 13.0 Å². The molecule has 3 aromatic carbocycles. The zero-order valence-corrected chi connectivity index (χ0v) is 16.6. The fraction of sp³-hybridized carbons (Fsp3) is 0.240. The third-order valence-electron chi connectivity index (χ3n) is 5.39. The molecular formula is C25H24O4. The molecule has 4 heteroatoms. The number of fused-ring (bicyclic) bond motifs is 1. The van der Waals surface area contributed by atoms with Crippen LogP contribution in [0.5, 0.6) is 11.5 Å². The van der Waals surface area contributed by atoms with Crippen LogP contribution in [0, 0.1) is 13.8 Å². The Balaban J connectivity index is 1.49. The minimum atomic E-state index is -0.810. The van der Waals surface area contributed by atoms with Crippen molar-refractivity contribution in [3.8, 4) is 22.6 Å². The van der Waals surface area contributed by atoms with E-state index in [1.54, 1.807) is 0 Å². The molecular weight excluding hydrogens is 364 g/mol. The number of carbonyl (C=O) groups is 1. The van der Waals surface area contributed by atoms with Gasteiger partial charge in [-0.3, -0.25) is 4.79 Å². The van der Waals surface area contributed by atoms with Gasteiger partial charge >= 0.3 is 5.97 Å². The van der Waals surface area contributed by atoms with Crippen LogP contribution in [0.2, 0.25) is 0 Å².